The fourth-order valence-corrected chi connectivity index (χ4v) is 2.48. The molecule has 0 bridgehead atoms. The molecule has 0 aliphatic heterocycles. The predicted molar refractivity (Wildman–Crippen MR) is 89.4 cm³/mol. The molecule has 0 amide bonds. The molecule has 0 heterocycles. The van der Waals surface area contributed by atoms with E-state index < -0.39 is 0 Å². The topological polar surface area (TPSA) is 20.3 Å². The van der Waals surface area contributed by atoms with Crippen LogP contribution in [0.1, 0.15) is 32.6 Å². The van der Waals surface area contributed by atoms with E-state index in [1.165, 1.54) is 16.7 Å². The predicted octanol–water partition coefficient (Wildman–Crippen LogP) is 4.24. The van der Waals surface area contributed by atoms with Crippen molar-refractivity contribution in [2.24, 2.45) is 0 Å². The summed E-state index contributed by atoms with van der Waals surface area (Å²) in [5, 5.41) is 0. The van der Waals surface area contributed by atoms with Gasteiger partial charge in [0.15, 0.2) is 5.78 Å². The van der Waals surface area contributed by atoms with Crippen molar-refractivity contribution < 1.29 is 4.79 Å². The zero-order valence-corrected chi connectivity index (χ0v) is 13.5. The highest BCUT2D eigenvalue weighted by Crippen LogP contribution is 2.18. The van der Waals surface area contributed by atoms with Crippen molar-refractivity contribution in [1.29, 1.82) is 0 Å². The maximum absolute atomic E-state index is 12.4. The molecule has 0 atom stereocenters. The Morgan fingerprint density at radius 2 is 1.52 bits per heavy atom. The molecule has 0 aliphatic carbocycles. The normalized spacial score (nSPS) is 10.5. The van der Waals surface area contributed by atoms with E-state index in [4.69, 9.17) is 0 Å². The molecule has 110 valence electrons. The molecule has 2 heteroatoms. The highest BCUT2D eigenvalue weighted by Gasteiger charge is 2.11. The molecule has 0 saturated heterocycles. The Morgan fingerprint density at radius 3 is 2.10 bits per heavy atom. The molecule has 21 heavy (non-hydrogen) atoms. The number of anilines is 1. The zero-order valence-electron chi connectivity index (χ0n) is 13.5. The van der Waals surface area contributed by atoms with Crippen molar-refractivity contribution in [2.75, 3.05) is 18.5 Å². The summed E-state index contributed by atoms with van der Waals surface area (Å²) in [6.45, 7) is 8.65. The number of rotatable bonds is 4. The molecule has 0 N–H and O–H groups in total. The van der Waals surface area contributed by atoms with Crippen molar-refractivity contribution in [3.8, 4) is 0 Å². The van der Waals surface area contributed by atoms with Gasteiger partial charge in [-0.15, -0.1) is 0 Å². The summed E-state index contributed by atoms with van der Waals surface area (Å²) in [7, 11) is 1.97. The van der Waals surface area contributed by atoms with Crippen LogP contribution < -0.4 is 4.90 Å². The van der Waals surface area contributed by atoms with Gasteiger partial charge in [-0.25, -0.2) is 0 Å². The van der Waals surface area contributed by atoms with Gasteiger partial charge in [0.2, 0.25) is 0 Å². The van der Waals surface area contributed by atoms with E-state index in [0.29, 0.717) is 6.54 Å². The van der Waals surface area contributed by atoms with E-state index in [1.807, 2.05) is 37.1 Å². The molecular weight excluding hydrogens is 258 g/mol. The summed E-state index contributed by atoms with van der Waals surface area (Å²) in [6, 6.07) is 12.3. The van der Waals surface area contributed by atoms with Crippen LogP contribution in [0, 0.1) is 27.7 Å². The fourth-order valence-electron chi connectivity index (χ4n) is 2.48. The van der Waals surface area contributed by atoms with E-state index in [1.54, 1.807) is 0 Å². The molecule has 2 aromatic rings. The second kappa shape index (κ2) is 6.13. The van der Waals surface area contributed by atoms with E-state index in [-0.39, 0.29) is 5.78 Å². The lowest BCUT2D eigenvalue weighted by atomic mass is 10.0. The van der Waals surface area contributed by atoms with Crippen LogP contribution in [0.25, 0.3) is 0 Å². The average molecular weight is 281 g/mol. The molecule has 0 fully saturated rings. The minimum atomic E-state index is 0.153. The molecule has 0 radical (unpaired) electrons. The summed E-state index contributed by atoms with van der Waals surface area (Å²) < 4.78 is 0. The van der Waals surface area contributed by atoms with Crippen LogP contribution in [0.4, 0.5) is 5.69 Å². The van der Waals surface area contributed by atoms with Gasteiger partial charge in [0, 0.05) is 18.3 Å². The first-order valence-corrected chi connectivity index (χ1v) is 7.26. The SMILES string of the molecule is Cc1cc(C)cc(N(C)CC(=O)c2ccc(C)c(C)c2)c1. The number of carbonyl (C=O) groups is 1. The summed E-state index contributed by atoms with van der Waals surface area (Å²) in [4.78, 5) is 14.4. The van der Waals surface area contributed by atoms with Gasteiger partial charge in [0.05, 0.1) is 6.54 Å². The van der Waals surface area contributed by atoms with Gasteiger partial charge in [-0.3, -0.25) is 4.79 Å². The standard InChI is InChI=1S/C19H23NO/c1-13-8-14(2)10-18(9-13)20(5)12-19(21)17-7-6-15(3)16(4)11-17/h6-11H,12H2,1-5H3. The second-order valence-electron chi connectivity index (χ2n) is 5.92. The molecule has 2 aromatic carbocycles. The number of likely N-dealkylation sites (N-methyl/N-ethyl adjacent to an activating group) is 1. The summed E-state index contributed by atoms with van der Waals surface area (Å²) >= 11 is 0. The first kappa shape index (κ1) is 15.3. The Kier molecular flexibility index (Phi) is 4.46. The molecular formula is C19H23NO. The minimum absolute atomic E-state index is 0.153. The van der Waals surface area contributed by atoms with Crippen molar-refractivity contribution in [3.05, 3.63) is 64.2 Å². The second-order valence-corrected chi connectivity index (χ2v) is 5.92. The molecule has 0 aromatic heterocycles. The smallest absolute Gasteiger partial charge is 0.182 e. The molecule has 2 rings (SSSR count). The Labute approximate surface area is 127 Å². The van der Waals surface area contributed by atoms with E-state index in [2.05, 4.69) is 39.0 Å². The van der Waals surface area contributed by atoms with Gasteiger partial charge in [-0.1, -0.05) is 18.2 Å². The van der Waals surface area contributed by atoms with Gasteiger partial charge in [0.25, 0.3) is 0 Å². The molecule has 2 nitrogen and oxygen atoms in total. The maximum atomic E-state index is 12.4. The van der Waals surface area contributed by atoms with Crippen molar-refractivity contribution in [3.63, 3.8) is 0 Å². The third kappa shape index (κ3) is 3.72. The van der Waals surface area contributed by atoms with Gasteiger partial charge < -0.3 is 4.90 Å². The fraction of sp³-hybridized carbons (Fsp3) is 0.316. The van der Waals surface area contributed by atoms with Crippen LogP contribution >= 0.6 is 0 Å². The van der Waals surface area contributed by atoms with Crippen LogP contribution in [0.2, 0.25) is 0 Å². The number of hydrogen-bond acceptors (Lipinski definition) is 2. The van der Waals surface area contributed by atoms with Crippen LogP contribution in [0.3, 0.4) is 0 Å². The minimum Gasteiger partial charge on any atom is -0.367 e. The maximum Gasteiger partial charge on any atom is 0.182 e. The zero-order chi connectivity index (χ0) is 15.6. The Balaban J connectivity index is 2.16. The number of carbonyl (C=O) groups excluding carboxylic acids is 1. The van der Waals surface area contributed by atoms with E-state index in [0.717, 1.165) is 16.8 Å². The Morgan fingerprint density at radius 1 is 0.905 bits per heavy atom. The third-order valence-corrected chi connectivity index (χ3v) is 3.86. The number of Topliss-reactive ketones (excluding diaryl/α,β-unsaturated/α-hetero) is 1. The summed E-state index contributed by atoms with van der Waals surface area (Å²) in [5.41, 5.74) is 6.69. The first-order valence-electron chi connectivity index (χ1n) is 7.26. The number of hydrogen-bond donors (Lipinski definition) is 0. The number of nitrogens with zero attached hydrogens (tertiary/aromatic N) is 1. The highest BCUT2D eigenvalue weighted by molar-refractivity contribution is 5.99. The lowest BCUT2D eigenvalue weighted by Crippen LogP contribution is -2.25. The van der Waals surface area contributed by atoms with Crippen molar-refractivity contribution in [1.82, 2.24) is 0 Å². The Bertz CT molecular complexity index is 653. The molecule has 0 saturated carbocycles. The lowest BCUT2D eigenvalue weighted by Gasteiger charge is -2.20. The van der Waals surface area contributed by atoms with Crippen molar-refractivity contribution in [2.45, 2.75) is 27.7 Å². The third-order valence-electron chi connectivity index (χ3n) is 3.86. The Hall–Kier alpha value is -2.09. The monoisotopic (exact) mass is 281 g/mol. The molecule has 0 aliphatic rings. The van der Waals surface area contributed by atoms with E-state index in [9.17, 15) is 4.79 Å². The summed E-state index contributed by atoms with van der Waals surface area (Å²) in [5.74, 6) is 0.153. The molecule has 0 unspecified atom stereocenters. The van der Waals surface area contributed by atoms with E-state index >= 15 is 0 Å². The van der Waals surface area contributed by atoms with Gasteiger partial charge in [0.1, 0.15) is 0 Å². The van der Waals surface area contributed by atoms with Crippen LogP contribution in [0.15, 0.2) is 36.4 Å². The van der Waals surface area contributed by atoms with Gasteiger partial charge in [-0.05, 0) is 68.1 Å². The van der Waals surface area contributed by atoms with Crippen LogP contribution in [-0.2, 0) is 0 Å². The number of benzene rings is 2. The first-order chi connectivity index (χ1) is 9.86. The molecule has 0 spiro atoms. The van der Waals surface area contributed by atoms with Crippen LogP contribution in [0.5, 0.6) is 0 Å². The van der Waals surface area contributed by atoms with Gasteiger partial charge >= 0.3 is 0 Å². The summed E-state index contributed by atoms with van der Waals surface area (Å²) in [6.07, 6.45) is 0. The van der Waals surface area contributed by atoms with Gasteiger partial charge in [-0.2, -0.15) is 0 Å². The number of aryl methyl sites for hydroxylation is 4. The average Bonchev–Trinajstić information content (AvgIpc) is 2.40. The van der Waals surface area contributed by atoms with Crippen LogP contribution in [-0.4, -0.2) is 19.4 Å². The van der Waals surface area contributed by atoms with Crippen molar-refractivity contribution >= 4 is 11.5 Å². The highest BCUT2D eigenvalue weighted by atomic mass is 16.1. The number of ketones is 1. The quantitative estimate of drug-likeness (QED) is 0.781. The lowest BCUT2D eigenvalue weighted by molar-refractivity contribution is 0.100. The largest absolute Gasteiger partial charge is 0.367 e.